The first-order chi connectivity index (χ1) is 12.3. The third kappa shape index (κ3) is 7.14. The maximum Gasteiger partial charge on any atom is 0.182 e. The zero-order valence-corrected chi connectivity index (χ0v) is 15.7. The van der Waals surface area contributed by atoms with Gasteiger partial charge in [-0.3, -0.25) is 9.78 Å². The van der Waals surface area contributed by atoms with Crippen molar-refractivity contribution < 1.29 is 4.79 Å². The highest BCUT2D eigenvalue weighted by molar-refractivity contribution is 7.03. The smallest absolute Gasteiger partial charge is 0.182 e. The molecule has 0 amide bonds. The summed E-state index contributed by atoms with van der Waals surface area (Å²) in [4.78, 5) is 15.7. The molecule has 132 valence electrons. The van der Waals surface area contributed by atoms with E-state index in [9.17, 15) is 4.79 Å². The van der Waals surface area contributed by atoms with Crippen LogP contribution in [0.4, 0.5) is 0 Å². The third-order valence-corrected chi connectivity index (χ3v) is 4.55. The van der Waals surface area contributed by atoms with Crippen LogP contribution >= 0.6 is 11.5 Å². The number of unbranched alkanes of at least 4 members (excludes halogenated alkanes) is 5. The molecule has 0 atom stereocenters. The molecule has 2 aromatic heterocycles. The second-order valence-corrected chi connectivity index (χ2v) is 6.69. The van der Waals surface area contributed by atoms with Crippen molar-refractivity contribution in [1.82, 2.24) is 9.36 Å². The van der Waals surface area contributed by atoms with Crippen molar-refractivity contribution in [3.05, 3.63) is 59.7 Å². The van der Waals surface area contributed by atoms with Gasteiger partial charge in [-0.15, -0.1) is 0 Å². The van der Waals surface area contributed by atoms with Crippen LogP contribution in [0.1, 0.15) is 62.4 Å². The van der Waals surface area contributed by atoms with Crippen LogP contribution in [0.25, 0.3) is 10.9 Å². The van der Waals surface area contributed by atoms with Crippen molar-refractivity contribution in [2.24, 2.45) is 0 Å². The minimum atomic E-state index is 0.201. The Bertz CT molecular complexity index is 675. The van der Waals surface area contributed by atoms with Crippen molar-refractivity contribution in [3.8, 4) is 0 Å². The summed E-state index contributed by atoms with van der Waals surface area (Å²) in [5, 5.41) is 3.05. The molecule has 3 aromatic rings. The fraction of sp³-hybridized carbons (Fsp3) is 0.381. The van der Waals surface area contributed by atoms with Crippen LogP contribution in [0.3, 0.4) is 0 Å². The SMILES string of the molecule is CCCCCCCCC(=O)c1ccsn1.c1ccc2ncccc2c1. The zero-order chi connectivity index (χ0) is 17.7. The number of nitrogens with zero attached hydrogens (tertiary/aromatic N) is 2. The molecule has 3 rings (SSSR count). The standard InChI is InChI=1S/C12H19NOS.C9H7N/c1-2-3-4-5-6-7-8-12(14)11-9-10-15-13-11;1-2-6-9-8(4-1)5-3-7-10-9/h9-10H,2-8H2,1H3;1-7H. The van der Waals surface area contributed by atoms with Crippen LogP contribution in [0.2, 0.25) is 0 Å². The summed E-state index contributed by atoms with van der Waals surface area (Å²) in [6.07, 6.45) is 9.82. The molecule has 0 aliphatic rings. The number of ketones is 1. The maximum atomic E-state index is 11.5. The number of benzene rings is 1. The lowest BCUT2D eigenvalue weighted by molar-refractivity contribution is 0.0975. The van der Waals surface area contributed by atoms with E-state index >= 15 is 0 Å². The van der Waals surface area contributed by atoms with Crippen molar-refractivity contribution >= 4 is 28.2 Å². The lowest BCUT2D eigenvalue weighted by Gasteiger charge is -1.99. The van der Waals surface area contributed by atoms with E-state index in [2.05, 4.69) is 28.4 Å². The third-order valence-electron chi connectivity index (χ3n) is 3.99. The lowest BCUT2D eigenvalue weighted by Crippen LogP contribution is -1.98. The molecule has 0 saturated carbocycles. The van der Waals surface area contributed by atoms with E-state index in [4.69, 9.17) is 0 Å². The Kier molecular flexibility index (Phi) is 8.84. The highest BCUT2D eigenvalue weighted by atomic mass is 32.1. The Morgan fingerprint density at radius 3 is 2.48 bits per heavy atom. The Labute approximate surface area is 154 Å². The lowest BCUT2D eigenvalue weighted by atomic mass is 10.1. The van der Waals surface area contributed by atoms with E-state index < -0.39 is 0 Å². The summed E-state index contributed by atoms with van der Waals surface area (Å²) in [5.74, 6) is 0.201. The van der Waals surface area contributed by atoms with Gasteiger partial charge in [0.15, 0.2) is 5.78 Å². The summed E-state index contributed by atoms with van der Waals surface area (Å²) < 4.78 is 4.04. The summed E-state index contributed by atoms with van der Waals surface area (Å²) in [6, 6.07) is 13.9. The van der Waals surface area contributed by atoms with Crippen molar-refractivity contribution in [1.29, 1.82) is 0 Å². The van der Waals surface area contributed by atoms with Crippen LogP contribution in [-0.2, 0) is 0 Å². The Morgan fingerprint density at radius 1 is 0.960 bits per heavy atom. The quantitative estimate of drug-likeness (QED) is 0.351. The predicted octanol–water partition coefficient (Wildman–Crippen LogP) is 6.31. The first-order valence-electron chi connectivity index (χ1n) is 9.04. The summed E-state index contributed by atoms with van der Waals surface area (Å²) >= 11 is 1.35. The predicted molar refractivity (Wildman–Crippen MR) is 106 cm³/mol. The van der Waals surface area contributed by atoms with E-state index in [1.807, 2.05) is 41.9 Å². The van der Waals surface area contributed by atoms with Gasteiger partial charge in [-0.05, 0) is 36.2 Å². The maximum absolute atomic E-state index is 11.5. The van der Waals surface area contributed by atoms with E-state index in [-0.39, 0.29) is 5.78 Å². The normalized spacial score (nSPS) is 10.3. The number of pyridine rings is 1. The molecule has 25 heavy (non-hydrogen) atoms. The average Bonchev–Trinajstić information content (AvgIpc) is 3.20. The molecule has 0 spiro atoms. The second kappa shape index (κ2) is 11.5. The van der Waals surface area contributed by atoms with Crippen LogP contribution in [-0.4, -0.2) is 15.1 Å². The number of rotatable bonds is 8. The van der Waals surface area contributed by atoms with E-state index in [0.717, 1.165) is 11.9 Å². The zero-order valence-electron chi connectivity index (χ0n) is 14.9. The number of para-hydroxylation sites is 1. The van der Waals surface area contributed by atoms with E-state index in [1.54, 1.807) is 0 Å². The molecule has 2 heterocycles. The highest BCUT2D eigenvalue weighted by Crippen LogP contribution is 2.10. The molecule has 4 heteroatoms. The molecule has 0 unspecified atom stereocenters. The van der Waals surface area contributed by atoms with Crippen LogP contribution in [0.5, 0.6) is 0 Å². The van der Waals surface area contributed by atoms with Gasteiger partial charge in [0.2, 0.25) is 0 Å². The fourth-order valence-corrected chi connectivity index (χ4v) is 3.09. The monoisotopic (exact) mass is 354 g/mol. The van der Waals surface area contributed by atoms with E-state index in [1.165, 1.54) is 49.0 Å². The molecule has 1 aromatic carbocycles. The summed E-state index contributed by atoms with van der Waals surface area (Å²) in [6.45, 7) is 2.21. The largest absolute Gasteiger partial charge is 0.292 e. The number of Topliss-reactive ketones (excluding diaryl/α,β-unsaturated/α-hetero) is 1. The number of carbonyl (C=O) groups excluding carboxylic acids is 1. The molecule has 0 radical (unpaired) electrons. The summed E-state index contributed by atoms with van der Waals surface area (Å²) in [5.41, 5.74) is 1.71. The first kappa shape index (κ1) is 19.3. The fourth-order valence-electron chi connectivity index (χ4n) is 2.57. The van der Waals surface area contributed by atoms with Gasteiger partial charge < -0.3 is 0 Å². The number of hydrogen-bond donors (Lipinski definition) is 0. The van der Waals surface area contributed by atoms with Crippen LogP contribution in [0.15, 0.2) is 54.0 Å². The topological polar surface area (TPSA) is 42.9 Å². The molecule has 0 fully saturated rings. The van der Waals surface area contributed by atoms with Gasteiger partial charge >= 0.3 is 0 Å². The Balaban J connectivity index is 0.000000194. The molecule has 0 aliphatic carbocycles. The van der Waals surface area contributed by atoms with Gasteiger partial charge in [0.05, 0.1) is 5.52 Å². The second-order valence-electron chi connectivity index (χ2n) is 6.02. The molecular weight excluding hydrogens is 328 g/mol. The Hall–Kier alpha value is -2.07. The average molecular weight is 355 g/mol. The molecule has 3 nitrogen and oxygen atoms in total. The number of hydrogen-bond acceptors (Lipinski definition) is 4. The van der Waals surface area contributed by atoms with Gasteiger partial charge in [-0.25, -0.2) is 0 Å². The molecule has 0 N–H and O–H groups in total. The van der Waals surface area contributed by atoms with Gasteiger partial charge in [-0.2, -0.15) is 4.37 Å². The number of fused-ring (bicyclic) bond motifs is 1. The summed E-state index contributed by atoms with van der Waals surface area (Å²) in [7, 11) is 0. The van der Waals surface area contributed by atoms with E-state index in [0.29, 0.717) is 12.1 Å². The van der Waals surface area contributed by atoms with Crippen molar-refractivity contribution in [3.63, 3.8) is 0 Å². The molecule has 0 saturated heterocycles. The first-order valence-corrected chi connectivity index (χ1v) is 9.88. The molecular formula is C21H26N2OS. The Morgan fingerprint density at radius 2 is 1.72 bits per heavy atom. The molecule has 0 aliphatic heterocycles. The van der Waals surface area contributed by atoms with Gasteiger partial charge in [0.25, 0.3) is 0 Å². The van der Waals surface area contributed by atoms with Gasteiger partial charge in [0, 0.05) is 23.4 Å². The number of carbonyl (C=O) groups is 1. The van der Waals surface area contributed by atoms with Gasteiger partial charge in [-0.1, -0.05) is 63.3 Å². The minimum absolute atomic E-state index is 0.201. The molecule has 0 bridgehead atoms. The van der Waals surface area contributed by atoms with Crippen molar-refractivity contribution in [2.75, 3.05) is 0 Å². The van der Waals surface area contributed by atoms with Crippen LogP contribution < -0.4 is 0 Å². The van der Waals surface area contributed by atoms with Crippen molar-refractivity contribution in [2.45, 2.75) is 51.9 Å². The number of aromatic nitrogens is 2. The van der Waals surface area contributed by atoms with Crippen LogP contribution in [0, 0.1) is 0 Å². The van der Waals surface area contributed by atoms with Gasteiger partial charge in [0.1, 0.15) is 5.69 Å². The highest BCUT2D eigenvalue weighted by Gasteiger charge is 2.06. The minimum Gasteiger partial charge on any atom is -0.292 e.